The van der Waals surface area contributed by atoms with Gasteiger partial charge in [0.1, 0.15) is 6.10 Å². The van der Waals surface area contributed by atoms with Gasteiger partial charge in [-0.1, -0.05) is 13.5 Å². The van der Waals surface area contributed by atoms with E-state index in [-0.39, 0.29) is 35.3 Å². The molecule has 0 aromatic carbocycles. The number of rotatable bonds is 2. The van der Waals surface area contributed by atoms with E-state index in [4.69, 9.17) is 9.47 Å². The molecule has 2 saturated carbocycles. The molecule has 0 N–H and O–H groups in total. The van der Waals surface area contributed by atoms with Gasteiger partial charge in [-0.25, -0.2) is 4.79 Å². The molecule has 98 valence electrons. The van der Waals surface area contributed by atoms with Crippen LogP contribution in [0.25, 0.3) is 0 Å². The van der Waals surface area contributed by atoms with Gasteiger partial charge in [-0.2, -0.15) is 0 Å². The first-order chi connectivity index (χ1) is 8.43. The quantitative estimate of drug-likeness (QED) is 0.553. The van der Waals surface area contributed by atoms with E-state index in [0.717, 1.165) is 12.8 Å². The van der Waals surface area contributed by atoms with Crippen LogP contribution >= 0.6 is 0 Å². The van der Waals surface area contributed by atoms with Crippen LogP contribution in [-0.2, 0) is 19.1 Å². The topological polar surface area (TPSA) is 52.6 Å². The molecule has 0 aromatic heterocycles. The van der Waals surface area contributed by atoms with E-state index in [9.17, 15) is 9.59 Å². The van der Waals surface area contributed by atoms with Crippen molar-refractivity contribution in [3.05, 3.63) is 12.2 Å². The maximum absolute atomic E-state index is 11.7. The monoisotopic (exact) mass is 250 g/mol. The van der Waals surface area contributed by atoms with Gasteiger partial charge in [0.25, 0.3) is 0 Å². The summed E-state index contributed by atoms with van der Waals surface area (Å²) in [5.74, 6) is 0.188. The Labute approximate surface area is 106 Å². The lowest BCUT2D eigenvalue weighted by molar-refractivity contribution is -0.153. The lowest BCUT2D eigenvalue weighted by Gasteiger charge is -2.36. The first-order valence-corrected chi connectivity index (χ1v) is 6.46. The van der Waals surface area contributed by atoms with Crippen molar-refractivity contribution in [2.24, 2.45) is 23.2 Å². The summed E-state index contributed by atoms with van der Waals surface area (Å²) in [6, 6.07) is 0. The van der Waals surface area contributed by atoms with Crippen molar-refractivity contribution in [2.45, 2.75) is 32.8 Å². The molecule has 0 spiro atoms. The average Bonchev–Trinajstić information content (AvgIpc) is 2.89. The van der Waals surface area contributed by atoms with E-state index in [1.165, 1.54) is 0 Å². The standard InChI is InChI=1S/C14H18O4/c1-7(2)12(15)18-10-4-8-5-14(10,3)9-6-17-13(16)11(8)9/h8-11H,1,4-6H2,2-3H3. The molecule has 4 heteroatoms. The van der Waals surface area contributed by atoms with Gasteiger partial charge >= 0.3 is 11.9 Å². The Balaban J connectivity index is 1.80. The third kappa shape index (κ3) is 1.38. The molecule has 18 heavy (non-hydrogen) atoms. The summed E-state index contributed by atoms with van der Waals surface area (Å²) in [4.78, 5) is 23.3. The molecule has 1 heterocycles. The van der Waals surface area contributed by atoms with Crippen LogP contribution in [0.15, 0.2) is 12.2 Å². The first kappa shape index (κ1) is 11.8. The number of carbonyl (C=O) groups is 2. The van der Waals surface area contributed by atoms with E-state index in [2.05, 4.69) is 13.5 Å². The van der Waals surface area contributed by atoms with Crippen LogP contribution < -0.4 is 0 Å². The molecule has 0 radical (unpaired) electrons. The minimum atomic E-state index is -0.324. The second-order valence-corrected chi connectivity index (χ2v) is 6.14. The number of cyclic esters (lactones) is 1. The third-order valence-corrected chi connectivity index (χ3v) is 5.02. The molecule has 3 fully saturated rings. The number of carbonyl (C=O) groups excluding carboxylic acids is 2. The minimum absolute atomic E-state index is 0.0368. The van der Waals surface area contributed by atoms with Crippen molar-refractivity contribution in [1.82, 2.24) is 0 Å². The van der Waals surface area contributed by atoms with E-state index in [1.54, 1.807) is 6.92 Å². The number of fused-ring (bicyclic) bond motifs is 5. The van der Waals surface area contributed by atoms with Crippen molar-refractivity contribution in [1.29, 1.82) is 0 Å². The van der Waals surface area contributed by atoms with E-state index < -0.39 is 0 Å². The van der Waals surface area contributed by atoms with Gasteiger partial charge in [0, 0.05) is 16.9 Å². The SMILES string of the molecule is C=C(C)C(=O)OC1CC2CC1(C)C1COC(=O)C21. The van der Waals surface area contributed by atoms with Crippen LogP contribution in [0, 0.1) is 23.2 Å². The molecule has 1 saturated heterocycles. The summed E-state index contributed by atoms with van der Waals surface area (Å²) in [5.41, 5.74) is 0.323. The van der Waals surface area contributed by atoms with Gasteiger partial charge < -0.3 is 9.47 Å². The summed E-state index contributed by atoms with van der Waals surface area (Å²) in [5, 5.41) is 0. The van der Waals surface area contributed by atoms with Crippen LogP contribution in [0.5, 0.6) is 0 Å². The van der Waals surface area contributed by atoms with Crippen LogP contribution in [0.3, 0.4) is 0 Å². The molecule has 4 nitrogen and oxygen atoms in total. The highest BCUT2D eigenvalue weighted by Gasteiger charge is 2.66. The molecular weight excluding hydrogens is 232 g/mol. The van der Waals surface area contributed by atoms with Gasteiger partial charge in [-0.3, -0.25) is 4.79 Å². The Morgan fingerprint density at radius 1 is 1.56 bits per heavy atom. The molecule has 1 aliphatic heterocycles. The first-order valence-electron chi connectivity index (χ1n) is 6.46. The van der Waals surface area contributed by atoms with Crippen molar-refractivity contribution >= 4 is 11.9 Å². The average molecular weight is 250 g/mol. The predicted octanol–water partition coefficient (Wildman–Crippen LogP) is 1.69. The zero-order chi connectivity index (χ0) is 13.1. The van der Waals surface area contributed by atoms with E-state index in [0.29, 0.717) is 18.1 Å². The number of esters is 2. The lowest BCUT2D eigenvalue weighted by atomic mass is 9.71. The van der Waals surface area contributed by atoms with Crippen molar-refractivity contribution in [2.75, 3.05) is 6.61 Å². The number of hydrogen-bond acceptors (Lipinski definition) is 4. The molecule has 5 atom stereocenters. The zero-order valence-corrected chi connectivity index (χ0v) is 10.8. The molecular formula is C14H18O4. The second kappa shape index (κ2) is 3.59. The molecule has 5 unspecified atom stereocenters. The van der Waals surface area contributed by atoms with Gasteiger partial charge in [-0.05, 0) is 25.7 Å². The Hall–Kier alpha value is -1.32. The highest BCUT2D eigenvalue weighted by Crippen LogP contribution is 2.63. The maximum Gasteiger partial charge on any atom is 0.333 e. The lowest BCUT2D eigenvalue weighted by Crippen LogP contribution is -2.42. The van der Waals surface area contributed by atoms with Crippen molar-refractivity contribution in [3.8, 4) is 0 Å². The van der Waals surface area contributed by atoms with Gasteiger partial charge in [0.2, 0.25) is 0 Å². The molecule has 2 bridgehead atoms. The minimum Gasteiger partial charge on any atom is -0.465 e. The van der Waals surface area contributed by atoms with Gasteiger partial charge in [0.05, 0.1) is 12.5 Å². The molecule has 3 aliphatic rings. The van der Waals surface area contributed by atoms with E-state index >= 15 is 0 Å². The number of ether oxygens (including phenoxy) is 2. The third-order valence-electron chi connectivity index (χ3n) is 5.02. The summed E-state index contributed by atoms with van der Waals surface area (Å²) in [7, 11) is 0. The molecule has 0 amide bonds. The Kier molecular flexibility index (Phi) is 2.34. The predicted molar refractivity (Wildman–Crippen MR) is 63.5 cm³/mol. The summed E-state index contributed by atoms with van der Waals surface area (Å²) < 4.78 is 10.7. The van der Waals surface area contributed by atoms with Gasteiger partial charge in [-0.15, -0.1) is 0 Å². The Bertz CT molecular complexity index is 441. The highest BCUT2D eigenvalue weighted by atomic mass is 16.6. The fraction of sp³-hybridized carbons (Fsp3) is 0.714. The summed E-state index contributed by atoms with van der Waals surface area (Å²) in [6.07, 6.45) is 1.65. The van der Waals surface area contributed by atoms with Crippen molar-refractivity contribution < 1.29 is 19.1 Å². The fourth-order valence-electron chi connectivity index (χ4n) is 4.06. The second-order valence-electron chi connectivity index (χ2n) is 6.14. The Morgan fingerprint density at radius 2 is 2.28 bits per heavy atom. The number of hydrogen-bond donors (Lipinski definition) is 0. The normalized spacial score (nSPS) is 44.7. The van der Waals surface area contributed by atoms with E-state index in [1.807, 2.05) is 0 Å². The van der Waals surface area contributed by atoms with Crippen LogP contribution in [0.1, 0.15) is 26.7 Å². The smallest absolute Gasteiger partial charge is 0.333 e. The van der Waals surface area contributed by atoms with Gasteiger partial charge in [0.15, 0.2) is 0 Å². The van der Waals surface area contributed by atoms with Crippen LogP contribution in [-0.4, -0.2) is 24.6 Å². The van der Waals surface area contributed by atoms with Crippen LogP contribution in [0.2, 0.25) is 0 Å². The Morgan fingerprint density at radius 3 is 2.94 bits per heavy atom. The largest absolute Gasteiger partial charge is 0.465 e. The van der Waals surface area contributed by atoms with Crippen LogP contribution in [0.4, 0.5) is 0 Å². The summed E-state index contributed by atoms with van der Waals surface area (Å²) >= 11 is 0. The van der Waals surface area contributed by atoms with Crippen molar-refractivity contribution in [3.63, 3.8) is 0 Å². The summed E-state index contributed by atoms with van der Waals surface area (Å²) in [6.45, 7) is 7.87. The molecule has 0 aromatic rings. The highest BCUT2D eigenvalue weighted by molar-refractivity contribution is 5.87. The maximum atomic E-state index is 11.7. The molecule has 3 rings (SSSR count). The zero-order valence-electron chi connectivity index (χ0n) is 10.8. The molecule has 2 aliphatic carbocycles. The fourth-order valence-corrected chi connectivity index (χ4v) is 4.06.